The summed E-state index contributed by atoms with van der Waals surface area (Å²) >= 11 is 1.04. The van der Waals surface area contributed by atoms with Crippen LogP contribution in [0.3, 0.4) is 0 Å². The van der Waals surface area contributed by atoms with Gasteiger partial charge < -0.3 is 10.3 Å². The molecule has 1 saturated carbocycles. The number of nitrogens with zero attached hydrogens (tertiary/aromatic N) is 4. The number of pyridine rings is 2. The van der Waals surface area contributed by atoms with E-state index in [1.807, 2.05) is 18.2 Å². The first-order valence-corrected chi connectivity index (χ1v) is 13.9. The van der Waals surface area contributed by atoms with Crippen molar-refractivity contribution in [1.82, 2.24) is 30.1 Å². The van der Waals surface area contributed by atoms with Crippen molar-refractivity contribution < 1.29 is 13.6 Å². The Bertz CT molecular complexity index is 1890. The van der Waals surface area contributed by atoms with Crippen molar-refractivity contribution in [2.24, 2.45) is 5.92 Å². The first kappa shape index (κ1) is 24.5. The molecule has 0 bridgehead atoms. The van der Waals surface area contributed by atoms with Crippen molar-refractivity contribution in [3.05, 3.63) is 65.9 Å². The maximum Gasteiger partial charge on any atom is 0.227 e. The lowest BCUT2D eigenvalue weighted by atomic mass is 9.88. The van der Waals surface area contributed by atoms with Gasteiger partial charge >= 0.3 is 0 Å². The van der Waals surface area contributed by atoms with E-state index >= 15 is 4.39 Å². The molecule has 1 fully saturated rings. The molecule has 40 heavy (non-hydrogen) atoms. The molecular formula is C29H23F2N7OS. The molecule has 0 radical (unpaired) electrons. The van der Waals surface area contributed by atoms with E-state index in [-0.39, 0.29) is 28.0 Å². The number of hydrogen-bond donors (Lipinski definition) is 3. The summed E-state index contributed by atoms with van der Waals surface area (Å²) < 4.78 is 29.8. The van der Waals surface area contributed by atoms with Crippen LogP contribution in [0.4, 0.5) is 14.5 Å². The van der Waals surface area contributed by atoms with Gasteiger partial charge in [-0.15, -0.1) is 11.3 Å². The maximum atomic E-state index is 16.1. The summed E-state index contributed by atoms with van der Waals surface area (Å²) in [6.45, 7) is 0. The largest absolute Gasteiger partial charge is 0.337 e. The third kappa shape index (κ3) is 4.32. The molecule has 5 heterocycles. The van der Waals surface area contributed by atoms with Crippen LogP contribution in [-0.4, -0.2) is 36.0 Å². The molecule has 11 heteroatoms. The minimum atomic E-state index is -0.584. The van der Waals surface area contributed by atoms with Gasteiger partial charge in [0.25, 0.3) is 0 Å². The molecule has 0 spiro atoms. The van der Waals surface area contributed by atoms with Crippen LogP contribution >= 0.6 is 11.3 Å². The Labute approximate surface area is 230 Å². The highest BCUT2D eigenvalue weighted by molar-refractivity contribution is 7.14. The number of hydrogen-bond acceptors (Lipinski definition) is 6. The van der Waals surface area contributed by atoms with Crippen molar-refractivity contribution in [2.75, 3.05) is 5.32 Å². The van der Waals surface area contributed by atoms with E-state index in [0.717, 1.165) is 59.4 Å². The highest BCUT2D eigenvalue weighted by Crippen LogP contribution is 2.36. The number of thiophene rings is 1. The Hall–Kier alpha value is -4.51. The molecule has 7 rings (SSSR count). The van der Waals surface area contributed by atoms with Gasteiger partial charge in [-0.05, 0) is 37.1 Å². The van der Waals surface area contributed by atoms with Crippen molar-refractivity contribution in [1.29, 1.82) is 0 Å². The normalized spacial score (nSPS) is 14.2. The zero-order valence-corrected chi connectivity index (χ0v) is 22.0. The smallest absolute Gasteiger partial charge is 0.227 e. The molecule has 1 amide bonds. The van der Waals surface area contributed by atoms with Crippen LogP contribution in [0, 0.1) is 16.9 Å². The number of halogens is 2. The number of benzene rings is 1. The monoisotopic (exact) mass is 555 g/mol. The van der Waals surface area contributed by atoms with E-state index in [1.165, 1.54) is 18.5 Å². The Balaban J connectivity index is 1.26. The zero-order valence-electron chi connectivity index (χ0n) is 21.2. The molecule has 0 atom stereocenters. The lowest BCUT2D eigenvalue weighted by Crippen LogP contribution is -2.24. The number of aromatic nitrogens is 6. The first-order valence-electron chi connectivity index (χ1n) is 13.1. The predicted molar refractivity (Wildman–Crippen MR) is 151 cm³/mol. The fraction of sp³-hybridized carbons (Fsp3) is 0.207. The van der Waals surface area contributed by atoms with Gasteiger partial charge in [0.05, 0.1) is 40.0 Å². The van der Waals surface area contributed by atoms with Crippen LogP contribution in [0.25, 0.3) is 55.2 Å². The minimum absolute atomic E-state index is 0.0136. The Morgan fingerprint density at radius 3 is 2.70 bits per heavy atom. The average molecular weight is 556 g/mol. The zero-order chi connectivity index (χ0) is 27.2. The number of fused-ring (bicyclic) bond motifs is 2. The summed E-state index contributed by atoms with van der Waals surface area (Å²) in [6, 6.07) is 10.4. The number of carbonyl (C=O) groups is 1. The molecule has 0 unspecified atom stereocenters. The van der Waals surface area contributed by atoms with E-state index in [0.29, 0.717) is 33.8 Å². The lowest BCUT2D eigenvalue weighted by Gasteiger charge is -2.20. The van der Waals surface area contributed by atoms with Crippen molar-refractivity contribution >= 4 is 44.9 Å². The molecule has 1 aromatic carbocycles. The number of imidazole rings is 1. The van der Waals surface area contributed by atoms with Crippen molar-refractivity contribution in [3.8, 4) is 33.2 Å². The van der Waals surface area contributed by atoms with Crippen molar-refractivity contribution in [3.63, 3.8) is 0 Å². The minimum Gasteiger partial charge on any atom is -0.337 e. The van der Waals surface area contributed by atoms with Crippen LogP contribution < -0.4 is 5.32 Å². The number of rotatable bonds is 5. The number of anilines is 1. The van der Waals surface area contributed by atoms with E-state index in [9.17, 15) is 9.18 Å². The van der Waals surface area contributed by atoms with Crippen LogP contribution in [0.15, 0.2) is 55.0 Å². The summed E-state index contributed by atoms with van der Waals surface area (Å²) in [4.78, 5) is 30.0. The van der Waals surface area contributed by atoms with Crippen LogP contribution in [0.1, 0.15) is 32.1 Å². The average Bonchev–Trinajstić information content (AvgIpc) is 3.72. The number of nitrogens with one attached hydrogen (secondary N) is 3. The SMILES string of the molecule is O=C(Nc1cncc(-c2ncc3[nH]nc(-c4nc5c(-c6ccc(F)s6)cccc5[nH]4)c3c2F)c1)C1CCCCC1. The molecule has 6 aromatic rings. The van der Waals surface area contributed by atoms with E-state index < -0.39 is 5.82 Å². The summed E-state index contributed by atoms with van der Waals surface area (Å²) in [7, 11) is 0. The van der Waals surface area contributed by atoms with E-state index in [4.69, 9.17) is 4.98 Å². The quantitative estimate of drug-likeness (QED) is 0.210. The molecule has 8 nitrogen and oxygen atoms in total. The van der Waals surface area contributed by atoms with Crippen LogP contribution in [-0.2, 0) is 4.79 Å². The molecule has 200 valence electrons. The van der Waals surface area contributed by atoms with Gasteiger partial charge in [-0.3, -0.25) is 19.9 Å². The van der Waals surface area contributed by atoms with Gasteiger partial charge in [0.2, 0.25) is 5.91 Å². The van der Waals surface area contributed by atoms with E-state index in [2.05, 4.69) is 30.5 Å². The molecule has 1 aliphatic rings. The number of H-pyrrole nitrogens is 2. The van der Waals surface area contributed by atoms with Gasteiger partial charge in [-0.2, -0.15) is 9.49 Å². The summed E-state index contributed by atoms with van der Waals surface area (Å²) in [5, 5.41) is 10.1. The maximum absolute atomic E-state index is 16.1. The van der Waals surface area contributed by atoms with Gasteiger partial charge in [0.15, 0.2) is 16.8 Å². The van der Waals surface area contributed by atoms with Crippen LogP contribution in [0.5, 0.6) is 0 Å². The lowest BCUT2D eigenvalue weighted by molar-refractivity contribution is -0.120. The Kier molecular flexibility index (Phi) is 6.07. The molecule has 0 aliphatic heterocycles. The summed E-state index contributed by atoms with van der Waals surface area (Å²) in [5.41, 5.74) is 3.85. The van der Waals surface area contributed by atoms with Gasteiger partial charge in [0.1, 0.15) is 11.4 Å². The fourth-order valence-electron chi connectivity index (χ4n) is 5.40. The fourth-order valence-corrected chi connectivity index (χ4v) is 6.15. The Morgan fingerprint density at radius 2 is 1.88 bits per heavy atom. The third-order valence-electron chi connectivity index (χ3n) is 7.38. The first-order chi connectivity index (χ1) is 19.5. The standard InChI is InChI=1S/C29H23F2N7OS/c30-22-10-9-21(40-22)18-7-4-8-19-26(18)36-28(35-19)27-23-20(37-38-27)14-33-25(24(23)31)16-11-17(13-32-12-16)34-29(39)15-5-2-1-3-6-15/h4,7-15H,1-3,5-6H2,(H,34,39)(H,35,36)(H,37,38). The number of carbonyl (C=O) groups excluding carboxylic acids is 1. The van der Waals surface area contributed by atoms with E-state index in [1.54, 1.807) is 18.3 Å². The van der Waals surface area contributed by atoms with Crippen molar-refractivity contribution in [2.45, 2.75) is 32.1 Å². The molecular weight excluding hydrogens is 532 g/mol. The molecule has 5 aromatic heterocycles. The summed E-state index contributed by atoms with van der Waals surface area (Å²) in [6.07, 6.45) is 9.60. The second-order valence-electron chi connectivity index (χ2n) is 9.96. The topological polar surface area (TPSA) is 112 Å². The molecule has 1 aliphatic carbocycles. The number of aromatic amines is 2. The van der Waals surface area contributed by atoms with Crippen LogP contribution in [0.2, 0.25) is 0 Å². The highest BCUT2D eigenvalue weighted by atomic mass is 32.1. The second-order valence-corrected chi connectivity index (χ2v) is 11.0. The number of amides is 1. The number of para-hydroxylation sites is 1. The summed E-state index contributed by atoms with van der Waals surface area (Å²) in [5.74, 6) is -0.261. The molecule has 3 N–H and O–H groups in total. The van der Waals surface area contributed by atoms with Gasteiger partial charge in [-0.1, -0.05) is 31.4 Å². The highest BCUT2D eigenvalue weighted by Gasteiger charge is 2.23. The third-order valence-corrected chi connectivity index (χ3v) is 8.28. The Morgan fingerprint density at radius 1 is 1.00 bits per heavy atom. The molecule has 0 saturated heterocycles. The predicted octanol–water partition coefficient (Wildman–Crippen LogP) is 7.09. The second kappa shape index (κ2) is 9.91. The van der Waals surface area contributed by atoms with Gasteiger partial charge in [-0.25, -0.2) is 9.37 Å². The van der Waals surface area contributed by atoms with Gasteiger partial charge in [0, 0.05) is 28.1 Å².